The van der Waals surface area contributed by atoms with Gasteiger partial charge >= 0.3 is 6.03 Å². The van der Waals surface area contributed by atoms with Crippen LogP contribution in [0.1, 0.15) is 11.1 Å². The molecule has 0 fully saturated rings. The number of fused-ring (bicyclic) bond motifs is 1. The summed E-state index contributed by atoms with van der Waals surface area (Å²) in [4.78, 5) is 25.7. The molecule has 0 saturated carbocycles. The zero-order valence-electron chi connectivity index (χ0n) is 12.3. The average Bonchev–Trinajstić information content (AvgIpc) is 2.94. The number of urea groups is 1. The molecule has 23 heavy (non-hydrogen) atoms. The molecule has 3 amide bonds. The number of hydrogen-bond acceptors (Lipinski definition) is 2. The average molecular weight is 330 g/mol. The molecule has 0 bridgehead atoms. The highest BCUT2D eigenvalue weighted by Crippen LogP contribution is 2.31. The Morgan fingerprint density at radius 3 is 2.57 bits per heavy atom. The summed E-state index contributed by atoms with van der Waals surface area (Å²) < 4.78 is 0. The molecular formula is C17H16ClN3O2. The topological polar surface area (TPSA) is 75.4 Å². The molecule has 1 aliphatic heterocycles. The Labute approximate surface area is 139 Å². The Morgan fingerprint density at radius 2 is 1.87 bits per heavy atom. The van der Waals surface area contributed by atoms with Crippen LogP contribution < -0.4 is 16.0 Å². The number of nitrogens with two attached hydrogens (primary N) is 1. The maximum absolute atomic E-state index is 12.5. The molecule has 0 unspecified atom stereocenters. The lowest BCUT2D eigenvalue weighted by molar-refractivity contribution is -0.119. The summed E-state index contributed by atoms with van der Waals surface area (Å²) in [5, 5.41) is 3.46. The molecule has 118 valence electrons. The molecule has 1 atom stereocenters. The van der Waals surface area contributed by atoms with E-state index in [0.29, 0.717) is 18.0 Å². The van der Waals surface area contributed by atoms with Crippen molar-refractivity contribution in [2.75, 3.05) is 4.90 Å². The minimum atomic E-state index is -0.655. The quantitative estimate of drug-likeness (QED) is 0.907. The van der Waals surface area contributed by atoms with Crippen molar-refractivity contribution in [2.45, 2.75) is 19.0 Å². The van der Waals surface area contributed by atoms with Crippen LogP contribution in [0.5, 0.6) is 0 Å². The van der Waals surface area contributed by atoms with Crippen LogP contribution >= 0.6 is 11.6 Å². The van der Waals surface area contributed by atoms with Gasteiger partial charge < -0.3 is 11.1 Å². The summed E-state index contributed by atoms with van der Waals surface area (Å²) in [5.74, 6) is -0.511. The largest absolute Gasteiger partial charge is 0.368 e. The molecule has 2 aromatic rings. The molecule has 0 aliphatic carbocycles. The Bertz CT molecular complexity index is 746. The first-order chi connectivity index (χ1) is 11.1. The second-order valence-electron chi connectivity index (χ2n) is 5.41. The second kappa shape index (κ2) is 6.30. The van der Waals surface area contributed by atoms with E-state index in [-0.39, 0.29) is 6.03 Å². The molecule has 2 aromatic carbocycles. The predicted molar refractivity (Wildman–Crippen MR) is 89.3 cm³/mol. The molecule has 0 saturated heterocycles. The van der Waals surface area contributed by atoms with Crippen LogP contribution in [0.15, 0.2) is 48.5 Å². The lowest BCUT2D eigenvalue weighted by Gasteiger charge is -2.23. The van der Waals surface area contributed by atoms with Crippen LogP contribution in [0, 0.1) is 0 Å². The molecule has 6 heteroatoms. The van der Waals surface area contributed by atoms with Gasteiger partial charge in [0.2, 0.25) is 5.91 Å². The van der Waals surface area contributed by atoms with E-state index in [1.54, 1.807) is 12.1 Å². The number of nitrogens with zero attached hydrogens (tertiary/aromatic N) is 1. The van der Waals surface area contributed by atoms with E-state index in [4.69, 9.17) is 17.3 Å². The summed E-state index contributed by atoms with van der Waals surface area (Å²) in [5.41, 5.74) is 8.05. The normalized spacial score (nSPS) is 16.0. The molecule has 1 aliphatic rings. The van der Waals surface area contributed by atoms with Crippen LogP contribution in [-0.2, 0) is 17.8 Å². The number of nitrogens with one attached hydrogen (secondary N) is 1. The van der Waals surface area contributed by atoms with Gasteiger partial charge in [-0.2, -0.15) is 0 Å². The van der Waals surface area contributed by atoms with Crippen molar-refractivity contribution in [3.05, 3.63) is 64.7 Å². The fourth-order valence-electron chi connectivity index (χ4n) is 2.73. The highest BCUT2D eigenvalue weighted by Gasteiger charge is 2.36. The van der Waals surface area contributed by atoms with Gasteiger partial charge in [0.05, 0.1) is 0 Å². The van der Waals surface area contributed by atoms with Gasteiger partial charge in [-0.3, -0.25) is 9.69 Å². The van der Waals surface area contributed by atoms with Crippen LogP contribution in [0.25, 0.3) is 0 Å². The standard InChI is InChI=1S/C17H16ClN3O2/c18-13-7-5-11(6-8-13)10-20-17(23)21-14-4-2-1-3-12(14)9-15(21)16(19)22/h1-8,15H,9-10H2,(H2,19,22)(H,20,23)/t15-/m1/s1. The van der Waals surface area contributed by atoms with Crippen molar-refractivity contribution >= 4 is 29.2 Å². The molecule has 3 N–H and O–H groups in total. The lowest BCUT2D eigenvalue weighted by atomic mass is 10.1. The minimum Gasteiger partial charge on any atom is -0.368 e. The van der Waals surface area contributed by atoms with Gasteiger partial charge in [0, 0.05) is 23.7 Å². The van der Waals surface area contributed by atoms with Gasteiger partial charge in [0.25, 0.3) is 0 Å². The van der Waals surface area contributed by atoms with Crippen LogP contribution in [-0.4, -0.2) is 18.0 Å². The summed E-state index contributed by atoms with van der Waals surface area (Å²) in [7, 11) is 0. The number of carbonyl (C=O) groups is 2. The van der Waals surface area contributed by atoms with E-state index < -0.39 is 11.9 Å². The fraction of sp³-hybridized carbons (Fsp3) is 0.176. The number of carbonyl (C=O) groups excluding carboxylic acids is 2. The Hall–Kier alpha value is -2.53. The summed E-state index contributed by atoms with van der Waals surface area (Å²) in [6.07, 6.45) is 0.444. The summed E-state index contributed by atoms with van der Waals surface area (Å²) in [6, 6.07) is 13.6. The molecule has 5 nitrogen and oxygen atoms in total. The number of halogens is 1. The summed E-state index contributed by atoms with van der Waals surface area (Å²) in [6.45, 7) is 0.347. The summed E-state index contributed by atoms with van der Waals surface area (Å²) >= 11 is 5.84. The number of hydrogen-bond donors (Lipinski definition) is 2. The van der Waals surface area contributed by atoms with Crippen molar-refractivity contribution in [1.29, 1.82) is 0 Å². The first-order valence-electron chi connectivity index (χ1n) is 7.25. The molecular weight excluding hydrogens is 314 g/mol. The van der Waals surface area contributed by atoms with E-state index in [1.807, 2.05) is 36.4 Å². The van der Waals surface area contributed by atoms with Crippen LogP contribution in [0.2, 0.25) is 5.02 Å². The van der Waals surface area contributed by atoms with Crippen LogP contribution in [0.3, 0.4) is 0 Å². The third kappa shape index (κ3) is 3.14. The zero-order valence-corrected chi connectivity index (χ0v) is 13.1. The molecule has 0 radical (unpaired) electrons. The minimum absolute atomic E-state index is 0.339. The monoisotopic (exact) mass is 329 g/mol. The Kier molecular flexibility index (Phi) is 4.21. The number of primary amides is 1. The lowest BCUT2D eigenvalue weighted by Crippen LogP contribution is -2.50. The number of anilines is 1. The van der Waals surface area contributed by atoms with Gasteiger partial charge in [-0.25, -0.2) is 4.79 Å². The smallest absolute Gasteiger partial charge is 0.322 e. The SMILES string of the molecule is NC(=O)[C@H]1Cc2ccccc2N1C(=O)NCc1ccc(Cl)cc1. The number of rotatable bonds is 3. The van der Waals surface area contributed by atoms with Crippen molar-refractivity contribution in [1.82, 2.24) is 5.32 Å². The van der Waals surface area contributed by atoms with Gasteiger partial charge in [0.1, 0.15) is 6.04 Å². The highest BCUT2D eigenvalue weighted by atomic mass is 35.5. The maximum atomic E-state index is 12.5. The fourth-order valence-corrected chi connectivity index (χ4v) is 2.86. The highest BCUT2D eigenvalue weighted by molar-refractivity contribution is 6.30. The molecule has 3 rings (SSSR count). The van der Waals surface area contributed by atoms with Crippen molar-refractivity contribution in [3.8, 4) is 0 Å². The van der Waals surface area contributed by atoms with E-state index in [9.17, 15) is 9.59 Å². The molecule has 0 aromatic heterocycles. The van der Waals surface area contributed by atoms with Gasteiger partial charge in [0.15, 0.2) is 0 Å². The zero-order chi connectivity index (χ0) is 16.4. The number of benzene rings is 2. The van der Waals surface area contributed by atoms with E-state index >= 15 is 0 Å². The van der Waals surface area contributed by atoms with Gasteiger partial charge in [-0.1, -0.05) is 41.9 Å². The van der Waals surface area contributed by atoms with E-state index in [2.05, 4.69) is 5.32 Å². The number of amides is 3. The van der Waals surface area contributed by atoms with E-state index in [0.717, 1.165) is 16.8 Å². The second-order valence-corrected chi connectivity index (χ2v) is 5.84. The third-order valence-corrected chi connectivity index (χ3v) is 4.13. The Balaban J connectivity index is 1.76. The Morgan fingerprint density at radius 1 is 1.17 bits per heavy atom. The first kappa shape index (κ1) is 15.4. The third-order valence-electron chi connectivity index (χ3n) is 3.88. The van der Waals surface area contributed by atoms with Crippen molar-refractivity contribution < 1.29 is 9.59 Å². The van der Waals surface area contributed by atoms with Crippen molar-refractivity contribution in [2.24, 2.45) is 5.73 Å². The van der Waals surface area contributed by atoms with Crippen LogP contribution in [0.4, 0.5) is 10.5 Å². The molecule has 0 spiro atoms. The van der Waals surface area contributed by atoms with Gasteiger partial charge in [-0.15, -0.1) is 0 Å². The number of para-hydroxylation sites is 1. The molecule has 1 heterocycles. The predicted octanol–water partition coefficient (Wildman–Crippen LogP) is 2.47. The van der Waals surface area contributed by atoms with Crippen molar-refractivity contribution in [3.63, 3.8) is 0 Å². The first-order valence-corrected chi connectivity index (χ1v) is 7.63. The maximum Gasteiger partial charge on any atom is 0.322 e. The van der Waals surface area contributed by atoms with E-state index in [1.165, 1.54) is 4.90 Å². The van der Waals surface area contributed by atoms with Gasteiger partial charge in [-0.05, 0) is 29.3 Å².